The number of aryl methyl sites for hydroxylation is 1. The highest BCUT2D eigenvalue weighted by molar-refractivity contribution is 8.00. The number of nitrogens with two attached hydrogens (primary N) is 1. The second-order valence-electron chi connectivity index (χ2n) is 5.76. The number of aromatic nitrogens is 2. The number of benzene rings is 1. The third-order valence-electron chi connectivity index (χ3n) is 3.93. The SMILES string of the molecule is Cc1cc(N)nc(S[C@H](C)C(=O)N2CCc3ccccc3C2)n1. The lowest BCUT2D eigenvalue weighted by Crippen LogP contribution is -2.40. The molecule has 0 fully saturated rings. The number of carbonyl (C=O) groups excluding carboxylic acids is 1. The number of hydrogen-bond donors (Lipinski definition) is 1. The van der Waals surface area contributed by atoms with Gasteiger partial charge in [-0.2, -0.15) is 0 Å². The Kier molecular flexibility index (Phi) is 4.52. The Balaban J connectivity index is 1.68. The number of anilines is 1. The molecule has 2 N–H and O–H groups in total. The summed E-state index contributed by atoms with van der Waals surface area (Å²) in [5, 5.41) is 0.322. The van der Waals surface area contributed by atoms with Crippen LogP contribution in [0.1, 0.15) is 23.7 Å². The smallest absolute Gasteiger partial charge is 0.236 e. The Morgan fingerprint density at radius 1 is 1.30 bits per heavy atom. The molecule has 0 radical (unpaired) electrons. The first-order valence-electron chi connectivity index (χ1n) is 7.66. The summed E-state index contributed by atoms with van der Waals surface area (Å²) in [4.78, 5) is 23.2. The minimum absolute atomic E-state index is 0.119. The molecule has 1 atom stereocenters. The number of thioether (sulfide) groups is 1. The van der Waals surface area contributed by atoms with Gasteiger partial charge in [0, 0.05) is 24.8 Å². The molecule has 1 aromatic heterocycles. The van der Waals surface area contributed by atoms with E-state index in [1.165, 1.54) is 22.9 Å². The highest BCUT2D eigenvalue weighted by Gasteiger charge is 2.25. The van der Waals surface area contributed by atoms with Crippen LogP contribution in [0.2, 0.25) is 0 Å². The lowest BCUT2D eigenvalue weighted by molar-refractivity contribution is -0.131. The average molecular weight is 328 g/mol. The first kappa shape index (κ1) is 15.8. The van der Waals surface area contributed by atoms with Gasteiger partial charge in [0.25, 0.3) is 0 Å². The molecule has 0 spiro atoms. The summed E-state index contributed by atoms with van der Waals surface area (Å²) in [7, 11) is 0. The zero-order valence-corrected chi connectivity index (χ0v) is 14.1. The Morgan fingerprint density at radius 2 is 2.04 bits per heavy atom. The van der Waals surface area contributed by atoms with Crippen LogP contribution >= 0.6 is 11.8 Å². The van der Waals surface area contributed by atoms with Crippen LogP contribution in [0.4, 0.5) is 5.82 Å². The zero-order chi connectivity index (χ0) is 16.4. The molecule has 23 heavy (non-hydrogen) atoms. The van der Waals surface area contributed by atoms with Gasteiger partial charge in [0.05, 0.1) is 5.25 Å². The monoisotopic (exact) mass is 328 g/mol. The number of nitrogens with zero attached hydrogens (tertiary/aromatic N) is 3. The minimum Gasteiger partial charge on any atom is -0.384 e. The van der Waals surface area contributed by atoms with E-state index in [-0.39, 0.29) is 11.2 Å². The van der Waals surface area contributed by atoms with E-state index in [2.05, 4.69) is 22.1 Å². The maximum Gasteiger partial charge on any atom is 0.236 e. The lowest BCUT2D eigenvalue weighted by atomic mass is 10.00. The predicted octanol–water partition coefficient (Wildman–Crippen LogP) is 2.43. The lowest BCUT2D eigenvalue weighted by Gasteiger charge is -2.30. The second-order valence-corrected chi connectivity index (χ2v) is 7.06. The van der Waals surface area contributed by atoms with Crippen molar-refractivity contribution >= 4 is 23.5 Å². The number of carbonyl (C=O) groups is 1. The molecular weight excluding hydrogens is 308 g/mol. The zero-order valence-electron chi connectivity index (χ0n) is 13.3. The molecule has 2 aromatic rings. The van der Waals surface area contributed by atoms with Gasteiger partial charge in [-0.05, 0) is 31.4 Å². The molecule has 0 bridgehead atoms. The number of amides is 1. The molecule has 2 heterocycles. The molecule has 120 valence electrons. The van der Waals surface area contributed by atoms with Crippen LogP contribution in [0.3, 0.4) is 0 Å². The predicted molar refractivity (Wildman–Crippen MR) is 92.1 cm³/mol. The summed E-state index contributed by atoms with van der Waals surface area (Å²) >= 11 is 1.36. The van der Waals surface area contributed by atoms with Gasteiger partial charge >= 0.3 is 0 Å². The summed E-state index contributed by atoms with van der Waals surface area (Å²) in [6.45, 7) is 5.21. The third kappa shape index (κ3) is 3.64. The van der Waals surface area contributed by atoms with E-state index in [0.717, 1.165) is 18.7 Å². The van der Waals surface area contributed by atoms with Crippen molar-refractivity contribution in [1.82, 2.24) is 14.9 Å². The highest BCUT2D eigenvalue weighted by Crippen LogP contribution is 2.25. The fraction of sp³-hybridized carbons (Fsp3) is 0.353. The van der Waals surface area contributed by atoms with Crippen LogP contribution in [0, 0.1) is 6.92 Å². The summed E-state index contributed by atoms with van der Waals surface area (Å²) in [5.74, 6) is 0.555. The maximum atomic E-state index is 12.7. The van der Waals surface area contributed by atoms with Crippen molar-refractivity contribution in [2.24, 2.45) is 0 Å². The van der Waals surface area contributed by atoms with E-state index in [1.807, 2.05) is 30.9 Å². The molecule has 1 amide bonds. The molecule has 1 aliphatic rings. The van der Waals surface area contributed by atoms with Crippen molar-refractivity contribution in [3.05, 3.63) is 47.2 Å². The first-order valence-corrected chi connectivity index (χ1v) is 8.54. The standard InChI is InChI=1S/C17H20N4OS/c1-11-9-15(18)20-17(19-11)23-12(2)16(22)21-8-7-13-5-3-4-6-14(13)10-21/h3-6,9,12H,7-8,10H2,1-2H3,(H2,18,19,20)/t12-/m1/s1. The molecule has 1 aliphatic heterocycles. The van der Waals surface area contributed by atoms with Gasteiger partial charge in [-0.15, -0.1) is 0 Å². The molecule has 3 rings (SSSR count). The largest absolute Gasteiger partial charge is 0.384 e. The summed E-state index contributed by atoms with van der Waals surface area (Å²) in [5.41, 5.74) is 9.13. The fourth-order valence-electron chi connectivity index (χ4n) is 2.77. The van der Waals surface area contributed by atoms with Crippen molar-refractivity contribution < 1.29 is 4.79 Å². The average Bonchev–Trinajstić information content (AvgIpc) is 2.52. The molecule has 5 nitrogen and oxygen atoms in total. The van der Waals surface area contributed by atoms with Crippen LogP contribution in [0.5, 0.6) is 0 Å². The topological polar surface area (TPSA) is 72.1 Å². The first-order chi connectivity index (χ1) is 11.0. The maximum absolute atomic E-state index is 12.7. The van der Waals surface area contributed by atoms with E-state index in [9.17, 15) is 4.79 Å². The van der Waals surface area contributed by atoms with E-state index in [1.54, 1.807) is 6.07 Å². The van der Waals surface area contributed by atoms with E-state index in [0.29, 0.717) is 17.5 Å². The van der Waals surface area contributed by atoms with Crippen LogP contribution < -0.4 is 5.73 Å². The van der Waals surface area contributed by atoms with Crippen molar-refractivity contribution in [1.29, 1.82) is 0 Å². The number of rotatable bonds is 3. The fourth-order valence-corrected chi connectivity index (χ4v) is 3.69. The normalized spacial score (nSPS) is 15.1. The van der Waals surface area contributed by atoms with Gasteiger partial charge < -0.3 is 10.6 Å². The second kappa shape index (κ2) is 6.58. The Hall–Kier alpha value is -2.08. The van der Waals surface area contributed by atoms with Gasteiger partial charge in [-0.3, -0.25) is 4.79 Å². The summed E-state index contributed by atoms with van der Waals surface area (Å²) < 4.78 is 0. The molecule has 1 aromatic carbocycles. The Morgan fingerprint density at radius 3 is 2.78 bits per heavy atom. The quantitative estimate of drug-likeness (QED) is 0.692. The van der Waals surface area contributed by atoms with Gasteiger partial charge in [0.15, 0.2) is 5.16 Å². The summed E-state index contributed by atoms with van der Waals surface area (Å²) in [6.07, 6.45) is 0.910. The molecule has 0 saturated carbocycles. The van der Waals surface area contributed by atoms with Crippen LogP contribution in [-0.2, 0) is 17.8 Å². The number of fused-ring (bicyclic) bond motifs is 1. The minimum atomic E-state index is -0.235. The Bertz CT molecular complexity index is 714. The molecule has 0 aliphatic carbocycles. The molecule has 0 unspecified atom stereocenters. The van der Waals surface area contributed by atoms with Gasteiger partial charge in [0.2, 0.25) is 5.91 Å². The van der Waals surface area contributed by atoms with Crippen molar-refractivity contribution in [2.75, 3.05) is 12.3 Å². The van der Waals surface area contributed by atoms with Crippen molar-refractivity contribution in [3.63, 3.8) is 0 Å². The number of nitrogen functional groups attached to an aromatic ring is 1. The van der Waals surface area contributed by atoms with Crippen molar-refractivity contribution in [2.45, 2.75) is 37.2 Å². The van der Waals surface area contributed by atoms with Crippen molar-refractivity contribution in [3.8, 4) is 0 Å². The molecular formula is C17H20N4OS. The molecule has 6 heteroatoms. The van der Waals surface area contributed by atoms with Gasteiger partial charge in [-0.1, -0.05) is 36.0 Å². The van der Waals surface area contributed by atoms with E-state index in [4.69, 9.17) is 5.73 Å². The highest BCUT2D eigenvalue weighted by atomic mass is 32.2. The van der Waals surface area contributed by atoms with E-state index < -0.39 is 0 Å². The summed E-state index contributed by atoms with van der Waals surface area (Å²) in [6, 6.07) is 10.0. The van der Waals surface area contributed by atoms with Gasteiger partial charge in [-0.25, -0.2) is 9.97 Å². The van der Waals surface area contributed by atoms with Crippen LogP contribution in [0.25, 0.3) is 0 Å². The number of hydrogen-bond acceptors (Lipinski definition) is 5. The Labute approximate surface area is 140 Å². The van der Waals surface area contributed by atoms with Gasteiger partial charge in [0.1, 0.15) is 5.82 Å². The third-order valence-corrected chi connectivity index (χ3v) is 4.87. The van der Waals surface area contributed by atoms with Crippen LogP contribution in [0.15, 0.2) is 35.5 Å². The molecule has 0 saturated heterocycles. The van der Waals surface area contributed by atoms with Crippen LogP contribution in [-0.4, -0.2) is 32.6 Å². The van der Waals surface area contributed by atoms with E-state index >= 15 is 0 Å².